The first kappa shape index (κ1) is 17.8. The predicted octanol–water partition coefficient (Wildman–Crippen LogP) is 2.85. The Morgan fingerprint density at radius 3 is 2.79 bits per heavy atom. The van der Waals surface area contributed by atoms with Crippen LogP contribution in [-0.2, 0) is 14.3 Å². The van der Waals surface area contributed by atoms with Gasteiger partial charge in [0.05, 0.1) is 11.5 Å². The first-order chi connectivity index (χ1) is 11.6. The van der Waals surface area contributed by atoms with Crippen LogP contribution in [0.15, 0.2) is 41.8 Å². The molecule has 2 rings (SSSR count). The number of nitrogens with zero attached hydrogens (tertiary/aromatic N) is 1. The van der Waals surface area contributed by atoms with Gasteiger partial charge in [0.15, 0.2) is 0 Å². The summed E-state index contributed by atoms with van der Waals surface area (Å²) >= 11 is 0.784. The minimum Gasteiger partial charge on any atom is -0.489 e. The third-order valence-electron chi connectivity index (χ3n) is 3.03. The zero-order valence-electron chi connectivity index (χ0n) is 13.2. The Labute approximate surface area is 144 Å². The van der Waals surface area contributed by atoms with Crippen LogP contribution in [0.2, 0.25) is 0 Å². The summed E-state index contributed by atoms with van der Waals surface area (Å²) in [7, 11) is 0. The quantitative estimate of drug-likeness (QED) is 0.429. The van der Waals surface area contributed by atoms with Gasteiger partial charge in [0.1, 0.15) is 18.9 Å². The maximum absolute atomic E-state index is 12.3. The molecule has 126 valence electrons. The highest BCUT2D eigenvalue weighted by Gasteiger charge is 2.36. The zero-order valence-corrected chi connectivity index (χ0v) is 14.0. The van der Waals surface area contributed by atoms with Crippen LogP contribution < -0.4 is 4.74 Å². The number of carbonyl (C=O) groups excluding carboxylic acids is 3. The second kappa shape index (κ2) is 8.35. The minimum absolute atomic E-state index is 0.193. The largest absolute Gasteiger partial charge is 0.489 e. The highest BCUT2D eigenvalue weighted by Crippen LogP contribution is 2.33. The maximum atomic E-state index is 12.3. The summed E-state index contributed by atoms with van der Waals surface area (Å²) in [4.78, 5) is 36.9. The number of ether oxygens (including phenoxy) is 2. The fraction of sp³-hybridized carbons (Fsp3) is 0.235. The SMILES string of the molecule is C=CCOc1ccccc1/C=C1\SC(=O)N(CC(=O)OCC)C1=O. The van der Waals surface area contributed by atoms with E-state index in [0.717, 1.165) is 16.7 Å². The highest BCUT2D eigenvalue weighted by atomic mass is 32.2. The van der Waals surface area contributed by atoms with E-state index in [1.807, 2.05) is 6.07 Å². The molecule has 1 aromatic rings. The molecule has 0 radical (unpaired) electrons. The summed E-state index contributed by atoms with van der Waals surface area (Å²) in [6.45, 7) is 5.39. The van der Waals surface area contributed by atoms with Crippen molar-refractivity contribution in [3.05, 3.63) is 47.4 Å². The molecule has 6 nitrogen and oxygen atoms in total. The summed E-state index contributed by atoms with van der Waals surface area (Å²) in [5, 5.41) is -0.496. The fourth-order valence-corrected chi connectivity index (χ4v) is 2.82. The smallest absolute Gasteiger partial charge is 0.326 e. The van der Waals surface area contributed by atoms with E-state index in [1.165, 1.54) is 0 Å². The van der Waals surface area contributed by atoms with Crippen molar-refractivity contribution in [3.8, 4) is 5.75 Å². The van der Waals surface area contributed by atoms with E-state index in [1.54, 1.807) is 37.3 Å². The van der Waals surface area contributed by atoms with E-state index in [2.05, 4.69) is 6.58 Å². The van der Waals surface area contributed by atoms with Gasteiger partial charge in [-0.3, -0.25) is 19.3 Å². The number of carbonyl (C=O) groups is 3. The van der Waals surface area contributed by atoms with Crippen LogP contribution in [0.4, 0.5) is 4.79 Å². The molecule has 0 saturated carbocycles. The van der Waals surface area contributed by atoms with E-state index in [4.69, 9.17) is 9.47 Å². The van der Waals surface area contributed by atoms with Crippen LogP contribution in [0.5, 0.6) is 5.75 Å². The topological polar surface area (TPSA) is 72.9 Å². The third kappa shape index (κ3) is 4.26. The molecule has 0 aliphatic carbocycles. The molecule has 1 fully saturated rings. The molecule has 7 heteroatoms. The van der Waals surface area contributed by atoms with Crippen molar-refractivity contribution in [2.75, 3.05) is 19.8 Å². The van der Waals surface area contributed by atoms with E-state index in [0.29, 0.717) is 17.9 Å². The van der Waals surface area contributed by atoms with E-state index in [-0.39, 0.29) is 18.1 Å². The average Bonchev–Trinajstić information content (AvgIpc) is 2.82. The number of esters is 1. The first-order valence-electron chi connectivity index (χ1n) is 7.30. The summed E-state index contributed by atoms with van der Waals surface area (Å²) in [6.07, 6.45) is 3.19. The number of amides is 2. The van der Waals surface area contributed by atoms with Gasteiger partial charge in [-0.25, -0.2) is 0 Å². The summed E-state index contributed by atoms with van der Waals surface area (Å²) in [6, 6.07) is 7.15. The monoisotopic (exact) mass is 347 g/mol. The number of thioether (sulfide) groups is 1. The van der Waals surface area contributed by atoms with Gasteiger partial charge < -0.3 is 9.47 Å². The first-order valence-corrected chi connectivity index (χ1v) is 8.12. The van der Waals surface area contributed by atoms with Gasteiger partial charge in [0.2, 0.25) is 0 Å². The molecule has 1 heterocycles. The van der Waals surface area contributed by atoms with Crippen LogP contribution in [0, 0.1) is 0 Å². The van der Waals surface area contributed by atoms with Crippen molar-refractivity contribution in [1.82, 2.24) is 4.90 Å². The Hall–Kier alpha value is -2.54. The fourth-order valence-electron chi connectivity index (χ4n) is 1.99. The number of rotatable bonds is 7. The second-order valence-electron chi connectivity index (χ2n) is 4.71. The molecular formula is C17H17NO5S. The van der Waals surface area contributed by atoms with Gasteiger partial charge >= 0.3 is 5.97 Å². The second-order valence-corrected chi connectivity index (χ2v) is 5.70. The molecular weight excluding hydrogens is 330 g/mol. The lowest BCUT2D eigenvalue weighted by Crippen LogP contribution is -2.34. The standard InChI is InChI=1S/C17H17NO5S/c1-3-9-23-13-8-6-5-7-12(13)10-14-16(20)18(17(21)24-14)11-15(19)22-4-2/h3,5-8,10H,1,4,9,11H2,2H3/b14-10-. The van der Waals surface area contributed by atoms with Crippen LogP contribution >= 0.6 is 11.8 Å². The molecule has 0 bridgehead atoms. The molecule has 0 spiro atoms. The lowest BCUT2D eigenvalue weighted by atomic mass is 10.2. The van der Waals surface area contributed by atoms with E-state index >= 15 is 0 Å². The molecule has 1 aromatic carbocycles. The average molecular weight is 347 g/mol. The molecule has 0 atom stereocenters. The molecule has 1 aliphatic rings. The number of imide groups is 1. The zero-order chi connectivity index (χ0) is 17.5. The van der Waals surface area contributed by atoms with Gasteiger partial charge in [-0.05, 0) is 30.8 Å². The Morgan fingerprint density at radius 2 is 2.08 bits per heavy atom. The minimum atomic E-state index is -0.615. The van der Waals surface area contributed by atoms with Crippen LogP contribution in [0.25, 0.3) is 6.08 Å². The summed E-state index contributed by atoms with van der Waals surface area (Å²) in [5.41, 5.74) is 0.668. The molecule has 2 amide bonds. The van der Waals surface area contributed by atoms with Crippen molar-refractivity contribution in [2.45, 2.75) is 6.92 Å². The Bertz CT molecular complexity index is 698. The molecule has 1 saturated heterocycles. The van der Waals surface area contributed by atoms with Crippen molar-refractivity contribution in [1.29, 1.82) is 0 Å². The van der Waals surface area contributed by atoms with Crippen molar-refractivity contribution in [3.63, 3.8) is 0 Å². The van der Waals surface area contributed by atoms with Crippen LogP contribution in [0.3, 0.4) is 0 Å². The van der Waals surface area contributed by atoms with Gasteiger partial charge in [-0.2, -0.15) is 0 Å². The number of hydrogen-bond donors (Lipinski definition) is 0. The maximum Gasteiger partial charge on any atom is 0.326 e. The lowest BCUT2D eigenvalue weighted by Gasteiger charge is -2.11. The molecule has 0 unspecified atom stereocenters. The van der Waals surface area contributed by atoms with Gasteiger partial charge in [-0.15, -0.1) is 0 Å². The lowest BCUT2D eigenvalue weighted by molar-refractivity contribution is -0.145. The number of hydrogen-bond acceptors (Lipinski definition) is 6. The predicted molar refractivity (Wildman–Crippen MR) is 91.4 cm³/mol. The van der Waals surface area contributed by atoms with Crippen LogP contribution in [0.1, 0.15) is 12.5 Å². The van der Waals surface area contributed by atoms with Gasteiger partial charge in [-0.1, -0.05) is 30.9 Å². The summed E-state index contributed by atoms with van der Waals surface area (Å²) < 4.78 is 10.3. The van der Waals surface area contributed by atoms with Crippen LogP contribution in [-0.4, -0.2) is 41.8 Å². The Kier molecular flexibility index (Phi) is 6.20. The van der Waals surface area contributed by atoms with Gasteiger partial charge in [0.25, 0.3) is 11.1 Å². The van der Waals surface area contributed by atoms with E-state index < -0.39 is 17.1 Å². The Morgan fingerprint density at radius 1 is 1.33 bits per heavy atom. The summed E-state index contributed by atoms with van der Waals surface area (Å²) in [5.74, 6) is -0.554. The van der Waals surface area contributed by atoms with Crippen molar-refractivity contribution in [2.24, 2.45) is 0 Å². The van der Waals surface area contributed by atoms with Crippen molar-refractivity contribution >= 4 is 35.0 Å². The van der Waals surface area contributed by atoms with E-state index in [9.17, 15) is 14.4 Å². The normalized spacial score (nSPS) is 15.7. The molecule has 1 aliphatic heterocycles. The van der Waals surface area contributed by atoms with Gasteiger partial charge in [0, 0.05) is 5.56 Å². The molecule has 24 heavy (non-hydrogen) atoms. The Balaban J connectivity index is 2.20. The molecule has 0 N–H and O–H groups in total. The third-order valence-corrected chi connectivity index (χ3v) is 3.94. The number of benzene rings is 1. The number of para-hydroxylation sites is 1. The molecule has 0 aromatic heterocycles. The van der Waals surface area contributed by atoms with Crippen molar-refractivity contribution < 1.29 is 23.9 Å². The highest BCUT2D eigenvalue weighted by molar-refractivity contribution is 8.18.